The number of anilines is 1. The normalized spacial score (nSPS) is 10.4. The monoisotopic (exact) mass is 201 g/mol. The molecule has 5 heteroatoms. The lowest BCUT2D eigenvalue weighted by Gasteiger charge is -2.17. The number of rotatable bonds is 5. The summed E-state index contributed by atoms with van der Waals surface area (Å²) in [6, 6.07) is 0. The van der Waals surface area contributed by atoms with Crippen molar-refractivity contribution >= 4 is 16.7 Å². The minimum atomic E-state index is 0.230. The molecule has 1 aromatic heterocycles. The van der Waals surface area contributed by atoms with Crippen LogP contribution in [0, 0.1) is 6.92 Å². The summed E-state index contributed by atoms with van der Waals surface area (Å²) in [6.45, 7) is 5.96. The van der Waals surface area contributed by atoms with Crippen molar-refractivity contribution in [2.45, 2.75) is 20.3 Å². The molecule has 0 aliphatic heterocycles. The Labute approximate surface area is 82.4 Å². The third-order valence-electron chi connectivity index (χ3n) is 1.76. The molecule has 0 saturated carbocycles. The highest BCUT2D eigenvalue weighted by Crippen LogP contribution is 2.16. The van der Waals surface area contributed by atoms with E-state index in [2.05, 4.69) is 21.2 Å². The van der Waals surface area contributed by atoms with Crippen molar-refractivity contribution in [2.75, 3.05) is 24.6 Å². The molecule has 0 unspecified atom stereocenters. The maximum atomic E-state index is 8.70. The van der Waals surface area contributed by atoms with Crippen molar-refractivity contribution < 1.29 is 5.11 Å². The molecule has 0 spiro atoms. The summed E-state index contributed by atoms with van der Waals surface area (Å²) in [5.41, 5.74) is 0. The van der Waals surface area contributed by atoms with Crippen molar-refractivity contribution in [3.05, 3.63) is 5.82 Å². The first kappa shape index (κ1) is 10.4. The lowest BCUT2D eigenvalue weighted by atomic mass is 10.4. The Kier molecular flexibility index (Phi) is 4.11. The second kappa shape index (κ2) is 5.14. The second-order valence-corrected chi connectivity index (χ2v) is 3.51. The van der Waals surface area contributed by atoms with Gasteiger partial charge in [0.25, 0.3) is 0 Å². The van der Waals surface area contributed by atoms with Crippen LogP contribution in [0.3, 0.4) is 0 Å². The van der Waals surface area contributed by atoms with Crippen LogP contribution in [0.1, 0.15) is 19.2 Å². The van der Waals surface area contributed by atoms with Crippen molar-refractivity contribution in [1.82, 2.24) is 9.36 Å². The number of aryl methyl sites for hydroxylation is 1. The molecule has 4 nitrogen and oxygen atoms in total. The Morgan fingerprint density at radius 1 is 1.54 bits per heavy atom. The Hall–Kier alpha value is -0.680. The summed E-state index contributed by atoms with van der Waals surface area (Å²) < 4.78 is 4.12. The zero-order valence-corrected chi connectivity index (χ0v) is 8.84. The van der Waals surface area contributed by atoms with Gasteiger partial charge in [0.2, 0.25) is 5.13 Å². The standard InChI is InChI=1S/C8H15N3OS/c1-3-11(5-4-6-12)8-9-7(2)10-13-8/h12H,3-6H2,1-2H3. The summed E-state index contributed by atoms with van der Waals surface area (Å²) in [6.07, 6.45) is 0.784. The average molecular weight is 201 g/mol. The average Bonchev–Trinajstić information content (AvgIpc) is 2.54. The molecule has 0 aliphatic rings. The molecule has 1 rings (SSSR count). The highest BCUT2D eigenvalue weighted by atomic mass is 32.1. The van der Waals surface area contributed by atoms with Crippen LogP contribution in [-0.4, -0.2) is 34.2 Å². The van der Waals surface area contributed by atoms with Crippen LogP contribution < -0.4 is 4.90 Å². The van der Waals surface area contributed by atoms with E-state index in [1.165, 1.54) is 11.5 Å². The molecule has 0 aromatic carbocycles. The lowest BCUT2D eigenvalue weighted by Crippen LogP contribution is -2.24. The first-order chi connectivity index (χ1) is 6.27. The number of hydrogen-bond donors (Lipinski definition) is 1. The largest absolute Gasteiger partial charge is 0.396 e. The molecule has 0 aliphatic carbocycles. The van der Waals surface area contributed by atoms with Crippen LogP contribution in [0.2, 0.25) is 0 Å². The zero-order chi connectivity index (χ0) is 9.68. The smallest absolute Gasteiger partial charge is 0.205 e. The molecular formula is C8H15N3OS. The van der Waals surface area contributed by atoms with Gasteiger partial charge in [-0.25, -0.2) is 4.98 Å². The van der Waals surface area contributed by atoms with Gasteiger partial charge in [-0.3, -0.25) is 0 Å². The zero-order valence-electron chi connectivity index (χ0n) is 8.03. The molecule has 1 heterocycles. The molecule has 0 fully saturated rings. The van der Waals surface area contributed by atoms with Crippen LogP contribution in [0.5, 0.6) is 0 Å². The van der Waals surface area contributed by atoms with Crippen molar-refractivity contribution in [2.24, 2.45) is 0 Å². The maximum absolute atomic E-state index is 8.70. The minimum Gasteiger partial charge on any atom is -0.396 e. The van der Waals surface area contributed by atoms with E-state index in [0.717, 1.165) is 30.5 Å². The molecule has 0 saturated heterocycles. The van der Waals surface area contributed by atoms with Gasteiger partial charge >= 0.3 is 0 Å². The van der Waals surface area contributed by atoms with Crippen LogP contribution in [0.15, 0.2) is 0 Å². The van der Waals surface area contributed by atoms with E-state index in [4.69, 9.17) is 5.11 Å². The quantitative estimate of drug-likeness (QED) is 0.773. The van der Waals surface area contributed by atoms with Crippen LogP contribution in [-0.2, 0) is 0 Å². The van der Waals surface area contributed by atoms with Gasteiger partial charge in [-0.2, -0.15) is 4.37 Å². The van der Waals surface area contributed by atoms with Crippen LogP contribution >= 0.6 is 11.5 Å². The summed E-state index contributed by atoms with van der Waals surface area (Å²) in [4.78, 5) is 6.41. The van der Waals surface area contributed by atoms with Gasteiger partial charge in [-0.15, -0.1) is 0 Å². The van der Waals surface area contributed by atoms with E-state index in [9.17, 15) is 0 Å². The fraction of sp³-hybridized carbons (Fsp3) is 0.750. The third kappa shape index (κ3) is 2.93. The van der Waals surface area contributed by atoms with Crippen molar-refractivity contribution in [1.29, 1.82) is 0 Å². The SMILES string of the molecule is CCN(CCCO)c1nc(C)ns1. The van der Waals surface area contributed by atoms with Gasteiger partial charge < -0.3 is 10.0 Å². The molecule has 74 valence electrons. The Bertz CT molecular complexity index is 251. The third-order valence-corrected chi connectivity index (χ3v) is 2.62. The minimum absolute atomic E-state index is 0.230. The van der Waals surface area contributed by atoms with Crippen LogP contribution in [0.25, 0.3) is 0 Å². The number of aliphatic hydroxyl groups excluding tert-OH is 1. The Morgan fingerprint density at radius 3 is 2.77 bits per heavy atom. The summed E-state index contributed by atoms with van der Waals surface area (Å²) in [7, 11) is 0. The molecular weight excluding hydrogens is 186 g/mol. The van der Waals surface area contributed by atoms with Gasteiger partial charge in [0.15, 0.2) is 0 Å². The molecule has 0 bridgehead atoms. The van der Waals surface area contributed by atoms with Gasteiger partial charge in [0, 0.05) is 31.2 Å². The molecule has 0 radical (unpaired) electrons. The van der Waals surface area contributed by atoms with Gasteiger partial charge in [0.05, 0.1) is 0 Å². The maximum Gasteiger partial charge on any atom is 0.205 e. The van der Waals surface area contributed by atoms with Gasteiger partial charge in [0.1, 0.15) is 5.82 Å². The fourth-order valence-electron chi connectivity index (χ4n) is 1.07. The first-order valence-corrected chi connectivity index (χ1v) is 5.21. The van der Waals surface area contributed by atoms with E-state index < -0.39 is 0 Å². The van der Waals surface area contributed by atoms with Crippen molar-refractivity contribution in [3.63, 3.8) is 0 Å². The Morgan fingerprint density at radius 2 is 2.31 bits per heavy atom. The summed E-state index contributed by atoms with van der Waals surface area (Å²) >= 11 is 1.42. The van der Waals surface area contributed by atoms with E-state index in [1.54, 1.807) is 0 Å². The molecule has 0 amide bonds. The van der Waals surface area contributed by atoms with Gasteiger partial charge in [-0.05, 0) is 20.3 Å². The van der Waals surface area contributed by atoms with E-state index in [0.29, 0.717) is 0 Å². The number of aromatic nitrogens is 2. The van der Waals surface area contributed by atoms with E-state index >= 15 is 0 Å². The molecule has 1 aromatic rings. The highest BCUT2D eigenvalue weighted by Gasteiger charge is 2.07. The summed E-state index contributed by atoms with van der Waals surface area (Å²) in [5.74, 6) is 0.822. The molecule has 13 heavy (non-hydrogen) atoms. The van der Waals surface area contributed by atoms with Crippen LogP contribution in [0.4, 0.5) is 5.13 Å². The van der Waals surface area contributed by atoms with E-state index in [-0.39, 0.29) is 6.61 Å². The number of nitrogens with zero attached hydrogens (tertiary/aromatic N) is 3. The number of hydrogen-bond acceptors (Lipinski definition) is 5. The molecule has 0 atom stereocenters. The highest BCUT2D eigenvalue weighted by molar-refractivity contribution is 7.09. The molecule has 1 N–H and O–H groups in total. The predicted octanol–water partition coefficient (Wildman–Crippen LogP) is 1.06. The fourth-order valence-corrected chi connectivity index (χ4v) is 1.83. The first-order valence-electron chi connectivity index (χ1n) is 4.44. The Balaban J connectivity index is 2.56. The van der Waals surface area contributed by atoms with E-state index in [1.807, 2.05) is 6.92 Å². The van der Waals surface area contributed by atoms with Crippen molar-refractivity contribution in [3.8, 4) is 0 Å². The predicted molar refractivity (Wildman–Crippen MR) is 54.2 cm³/mol. The lowest BCUT2D eigenvalue weighted by molar-refractivity contribution is 0.289. The topological polar surface area (TPSA) is 49.2 Å². The van der Waals surface area contributed by atoms with Gasteiger partial charge in [-0.1, -0.05) is 0 Å². The summed E-state index contributed by atoms with van der Waals surface area (Å²) in [5, 5.41) is 9.66. The second-order valence-electron chi connectivity index (χ2n) is 2.78. The number of aliphatic hydroxyl groups is 1.